The number of Topliss-reactive ketones (excluding diaryl/α,β-unsaturated/α-hetero) is 1. The molecule has 2 aliphatic rings. The van der Waals surface area contributed by atoms with Crippen LogP contribution >= 0.6 is 0 Å². The lowest BCUT2D eigenvalue weighted by Gasteiger charge is -2.13. The van der Waals surface area contributed by atoms with Crippen LogP contribution in [0.15, 0.2) is 21.7 Å². The maximum Gasteiger partial charge on any atom is 0.349 e. The molecule has 0 atom stereocenters. The second-order valence-corrected chi connectivity index (χ2v) is 4.93. The number of hydrogen-bond donors (Lipinski definition) is 1. The molecule has 0 bridgehead atoms. The predicted octanol–water partition coefficient (Wildman–Crippen LogP) is 0.633. The van der Waals surface area contributed by atoms with Gasteiger partial charge in [-0.25, -0.2) is 9.78 Å². The van der Waals surface area contributed by atoms with E-state index in [0.717, 1.165) is 5.56 Å². The molecule has 3 rings (SSSR count). The summed E-state index contributed by atoms with van der Waals surface area (Å²) in [5.41, 5.74) is 1.34. The smallest absolute Gasteiger partial charge is 0.325 e. The molecule has 21 heavy (non-hydrogen) atoms. The van der Waals surface area contributed by atoms with Gasteiger partial charge in [-0.1, -0.05) is 0 Å². The Balaban J connectivity index is 2.54. The van der Waals surface area contributed by atoms with Crippen LogP contribution in [-0.4, -0.2) is 25.3 Å². The van der Waals surface area contributed by atoms with Gasteiger partial charge < -0.3 is 4.57 Å². The maximum absolute atomic E-state index is 11.8. The molecule has 0 radical (unpaired) electrons. The third-order valence-corrected chi connectivity index (χ3v) is 3.47. The first-order valence-electron chi connectivity index (χ1n) is 6.31. The van der Waals surface area contributed by atoms with Crippen LogP contribution in [0, 0.1) is 6.92 Å². The number of aryl methyl sites for hydroxylation is 2. The molecule has 1 aromatic carbocycles. The van der Waals surface area contributed by atoms with Gasteiger partial charge in [0.2, 0.25) is 0 Å². The van der Waals surface area contributed by atoms with Gasteiger partial charge >= 0.3 is 5.69 Å². The number of aromatic nitrogens is 4. The molecular formula is C14H12N4O3. The van der Waals surface area contributed by atoms with Crippen molar-refractivity contribution in [3.63, 3.8) is 0 Å². The molecule has 1 aromatic rings. The third kappa shape index (κ3) is 1.94. The summed E-state index contributed by atoms with van der Waals surface area (Å²) < 4.78 is 1.63. The Kier molecular flexibility index (Phi) is 2.72. The summed E-state index contributed by atoms with van der Waals surface area (Å²) in [6, 6.07) is 3.45. The Bertz CT molecular complexity index is 984. The fourth-order valence-corrected chi connectivity index (χ4v) is 2.42. The van der Waals surface area contributed by atoms with Gasteiger partial charge in [0.25, 0.3) is 5.56 Å². The number of H-pyrrole nitrogens is 1. The zero-order chi connectivity index (χ0) is 15.3. The minimum Gasteiger partial charge on any atom is -0.325 e. The standard InChI is InChI=1S/C14H12N4O3/c1-6-4-10-9(5-8(6)7(2)19)15-11-12(18(10)3)16-14(21)17-13(11)20/h4-5H,1-3H3,(H,17,20,21). The summed E-state index contributed by atoms with van der Waals surface area (Å²) in [5.74, 6) is 0.145. The molecule has 7 nitrogen and oxygen atoms in total. The molecule has 0 saturated heterocycles. The van der Waals surface area contributed by atoms with Crippen molar-refractivity contribution in [3.05, 3.63) is 44.1 Å². The van der Waals surface area contributed by atoms with E-state index in [1.54, 1.807) is 23.7 Å². The maximum atomic E-state index is 11.8. The highest BCUT2D eigenvalue weighted by Gasteiger charge is 2.18. The number of ketones is 1. The lowest BCUT2D eigenvalue weighted by molar-refractivity contribution is 0.101. The van der Waals surface area contributed by atoms with Crippen LogP contribution in [0.1, 0.15) is 22.8 Å². The Morgan fingerprint density at radius 1 is 1.24 bits per heavy atom. The Morgan fingerprint density at radius 3 is 2.62 bits per heavy atom. The summed E-state index contributed by atoms with van der Waals surface area (Å²) in [7, 11) is 1.70. The fourth-order valence-electron chi connectivity index (χ4n) is 2.42. The first-order valence-corrected chi connectivity index (χ1v) is 6.31. The van der Waals surface area contributed by atoms with Gasteiger partial charge in [-0.05, 0) is 31.5 Å². The zero-order valence-electron chi connectivity index (χ0n) is 11.7. The summed E-state index contributed by atoms with van der Waals surface area (Å²) >= 11 is 0. The summed E-state index contributed by atoms with van der Waals surface area (Å²) in [6.07, 6.45) is 0. The molecule has 0 amide bonds. The van der Waals surface area contributed by atoms with Gasteiger partial charge in [-0.15, -0.1) is 0 Å². The minimum atomic E-state index is -0.707. The largest absolute Gasteiger partial charge is 0.349 e. The molecular weight excluding hydrogens is 272 g/mol. The van der Waals surface area contributed by atoms with Crippen LogP contribution in [0.4, 0.5) is 0 Å². The van der Waals surface area contributed by atoms with Gasteiger partial charge in [0.1, 0.15) is 0 Å². The highest BCUT2D eigenvalue weighted by Crippen LogP contribution is 2.22. The van der Waals surface area contributed by atoms with Gasteiger partial charge in [0.05, 0.1) is 11.0 Å². The third-order valence-electron chi connectivity index (χ3n) is 3.47. The van der Waals surface area contributed by atoms with Gasteiger partial charge in [0, 0.05) is 12.6 Å². The molecule has 0 fully saturated rings. The number of benzene rings is 1. The van der Waals surface area contributed by atoms with E-state index in [2.05, 4.69) is 15.0 Å². The number of carbonyl (C=O) groups is 1. The van der Waals surface area contributed by atoms with Crippen molar-refractivity contribution in [2.45, 2.75) is 13.8 Å². The molecule has 106 valence electrons. The van der Waals surface area contributed by atoms with Gasteiger partial charge in [0.15, 0.2) is 17.3 Å². The second-order valence-electron chi connectivity index (χ2n) is 4.93. The van der Waals surface area contributed by atoms with E-state index in [1.165, 1.54) is 6.92 Å². The van der Waals surface area contributed by atoms with Crippen molar-refractivity contribution < 1.29 is 4.79 Å². The molecule has 7 heteroatoms. The zero-order valence-corrected chi connectivity index (χ0v) is 11.7. The van der Waals surface area contributed by atoms with Crippen LogP contribution in [0.5, 0.6) is 0 Å². The highest BCUT2D eigenvalue weighted by molar-refractivity contribution is 5.99. The van der Waals surface area contributed by atoms with Crippen molar-refractivity contribution in [3.8, 4) is 11.5 Å². The molecule has 0 aromatic heterocycles. The van der Waals surface area contributed by atoms with Crippen LogP contribution in [-0.2, 0) is 7.05 Å². The predicted molar refractivity (Wildman–Crippen MR) is 76.8 cm³/mol. The Morgan fingerprint density at radius 2 is 1.95 bits per heavy atom. The number of hydrogen-bond acceptors (Lipinski definition) is 5. The topological polar surface area (TPSA) is 97.7 Å². The molecule has 2 aliphatic heterocycles. The Labute approximate surface area is 118 Å². The molecule has 0 saturated carbocycles. The van der Waals surface area contributed by atoms with Crippen LogP contribution in [0.3, 0.4) is 0 Å². The monoisotopic (exact) mass is 284 g/mol. The van der Waals surface area contributed by atoms with E-state index in [0.29, 0.717) is 16.6 Å². The molecule has 1 N–H and O–H groups in total. The van der Waals surface area contributed by atoms with Crippen LogP contribution in [0.25, 0.3) is 22.6 Å². The van der Waals surface area contributed by atoms with E-state index in [9.17, 15) is 14.4 Å². The molecule has 0 unspecified atom stereocenters. The van der Waals surface area contributed by atoms with Crippen molar-refractivity contribution in [2.24, 2.45) is 7.05 Å². The molecule has 2 heterocycles. The molecule has 0 aliphatic carbocycles. The number of rotatable bonds is 1. The van der Waals surface area contributed by atoms with Gasteiger partial charge in [-0.3, -0.25) is 14.6 Å². The lowest BCUT2D eigenvalue weighted by Crippen LogP contribution is -2.28. The molecule has 0 spiro atoms. The first-order chi connectivity index (χ1) is 9.88. The minimum absolute atomic E-state index is 0.0686. The average Bonchev–Trinajstić information content (AvgIpc) is 2.40. The number of fused-ring (bicyclic) bond motifs is 2. The first kappa shape index (κ1) is 13.2. The van der Waals surface area contributed by atoms with E-state index in [-0.39, 0.29) is 17.3 Å². The van der Waals surface area contributed by atoms with Crippen LogP contribution < -0.4 is 11.2 Å². The van der Waals surface area contributed by atoms with E-state index in [4.69, 9.17) is 0 Å². The van der Waals surface area contributed by atoms with E-state index in [1.807, 2.05) is 6.92 Å². The number of nitrogens with one attached hydrogen (secondary N) is 1. The summed E-state index contributed by atoms with van der Waals surface area (Å²) in [6.45, 7) is 3.30. The van der Waals surface area contributed by atoms with E-state index < -0.39 is 11.2 Å². The highest BCUT2D eigenvalue weighted by atomic mass is 16.2. The summed E-state index contributed by atoms with van der Waals surface area (Å²) in [5, 5.41) is 0. The number of aromatic amines is 1. The SMILES string of the molecule is CC(=O)c1cc2nc3c(=O)[nH]c(=O)nc-3n(C)c2cc1C. The lowest BCUT2D eigenvalue weighted by atomic mass is 10.0. The van der Waals surface area contributed by atoms with Crippen molar-refractivity contribution >= 4 is 16.8 Å². The van der Waals surface area contributed by atoms with Crippen molar-refractivity contribution in [1.29, 1.82) is 0 Å². The van der Waals surface area contributed by atoms with E-state index >= 15 is 0 Å². The average molecular weight is 284 g/mol. The summed E-state index contributed by atoms with van der Waals surface area (Å²) in [4.78, 5) is 44.9. The fraction of sp³-hybridized carbons (Fsp3) is 0.214. The number of carbonyl (C=O) groups excluding carboxylic acids is 1. The number of nitrogens with zero attached hydrogens (tertiary/aromatic N) is 3. The van der Waals surface area contributed by atoms with Gasteiger partial charge in [-0.2, -0.15) is 4.98 Å². The van der Waals surface area contributed by atoms with Crippen molar-refractivity contribution in [2.75, 3.05) is 0 Å². The quantitative estimate of drug-likeness (QED) is 0.522. The normalized spacial score (nSPS) is 11.2. The van der Waals surface area contributed by atoms with Crippen LogP contribution in [0.2, 0.25) is 0 Å². The second kappa shape index (κ2) is 4.34. The van der Waals surface area contributed by atoms with Crippen molar-refractivity contribution in [1.82, 2.24) is 19.5 Å². The Hall–Kier alpha value is -2.83.